The second-order valence-electron chi connectivity index (χ2n) is 3.21. The lowest BCUT2D eigenvalue weighted by Crippen LogP contribution is -2.28. The van der Waals surface area contributed by atoms with Crippen molar-refractivity contribution in [2.45, 2.75) is 6.04 Å². The van der Waals surface area contributed by atoms with Crippen molar-refractivity contribution in [1.29, 1.82) is 0 Å². The van der Waals surface area contributed by atoms with Crippen LogP contribution in [0.1, 0.15) is 11.6 Å². The Morgan fingerprint density at radius 3 is 2.73 bits per heavy atom. The van der Waals surface area contributed by atoms with Crippen LogP contribution in [0.3, 0.4) is 0 Å². The van der Waals surface area contributed by atoms with Crippen LogP contribution in [0, 0.1) is 0 Å². The quantitative estimate of drug-likeness (QED) is 0.722. The number of rotatable bonds is 2. The molecule has 0 saturated heterocycles. The van der Waals surface area contributed by atoms with Crippen molar-refractivity contribution < 1.29 is 4.79 Å². The van der Waals surface area contributed by atoms with Gasteiger partial charge in [-0.15, -0.1) is 0 Å². The number of hydrogen-bond acceptors (Lipinski definition) is 4. The number of carbonyl (C=O) groups is 1. The summed E-state index contributed by atoms with van der Waals surface area (Å²) in [7, 11) is 0. The van der Waals surface area contributed by atoms with E-state index in [0.29, 0.717) is 5.56 Å². The Morgan fingerprint density at radius 2 is 2.00 bits per heavy atom. The molecule has 0 spiro atoms. The standard InChI is InChI=1S/C10H10N4O/c11-9(10(12)15)8-5-14-4-6-3-13-2-1-7(6)8/h1-5,9H,11H2,(H2,12,15). The maximum absolute atomic E-state index is 11.0. The van der Waals surface area contributed by atoms with Crippen LogP contribution in [0.25, 0.3) is 10.8 Å². The van der Waals surface area contributed by atoms with Gasteiger partial charge < -0.3 is 11.5 Å². The predicted molar refractivity (Wildman–Crippen MR) is 55.7 cm³/mol. The molecule has 0 radical (unpaired) electrons. The fourth-order valence-corrected chi connectivity index (χ4v) is 1.44. The lowest BCUT2D eigenvalue weighted by molar-refractivity contribution is -0.119. The van der Waals surface area contributed by atoms with Crippen LogP contribution in [0.4, 0.5) is 0 Å². The average molecular weight is 202 g/mol. The Kier molecular flexibility index (Phi) is 2.31. The zero-order valence-corrected chi connectivity index (χ0v) is 7.92. The van der Waals surface area contributed by atoms with E-state index in [1.165, 1.54) is 0 Å². The monoisotopic (exact) mass is 202 g/mol. The van der Waals surface area contributed by atoms with Crippen LogP contribution in [0.5, 0.6) is 0 Å². The smallest absolute Gasteiger partial charge is 0.239 e. The van der Waals surface area contributed by atoms with E-state index in [1.807, 2.05) is 0 Å². The van der Waals surface area contributed by atoms with Crippen LogP contribution in [-0.2, 0) is 4.79 Å². The third-order valence-corrected chi connectivity index (χ3v) is 2.23. The summed E-state index contributed by atoms with van der Waals surface area (Å²) in [6, 6.07) is 0.957. The van der Waals surface area contributed by atoms with Gasteiger partial charge in [0.1, 0.15) is 6.04 Å². The average Bonchev–Trinajstić information content (AvgIpc) is 2.27. The fourth-order valence-electron chi connectivity index (χ4n) is 1.44. The van der Waals surface area contributed by atoms with Gasteiger partial charge in [-0.2, -0.15) is 0 Å². The molecule has 1 unspecified atom stereocenters. The van der Waals surface area contributed by atoms with Gasteiger partial charge in [0.05, 0.1) is 0 Å². The van der Waals surface area contributed by atoms with Crippen molar-refractivity contribution in [1.82, 2.24) is 9.97 Å². The molecule has 2 aromatic rings. The third-order valence-electron chi connectivity index (χ3n) is 2.23. The second kappa shape index (κ2) is 3.62. The predicted octanol–water partition coefficient (Wildman–Crippen LogP) is 0.115. The molecule has 76 valence electrons. The number of nitrogens with zero attached hydrogens (tertiary/aromatic N) is 2. The Morgan fingerprint density at radius 1 is 1.27 bits per heavy atom. The first-order valence-corrected chi connectivity index (χ1v) is 4.42. The lowest BCUT2D eigenvalue weighted by atomic mass is 10.0. The number of pyridine rings is 2. The molecule has 5 nitrogen and oxygen atoms in total. The van der Waals surface area contributed by atoms with E-state index < -0.39 is 11.9 Å². The van der Waals surface area contributed by atoms with E-state index in [9.17, 15) is 4.79 Å². The van der Waals surface area contributed by atoms with Crippen molar-refractivity contribution in [3.8, 4) is 0 Å². The SMILES string of the molecule is NC(=O)C(N)c1cncc2cnccc12. The Balaban J connectivity index is 2.65. The molecule has 2 aromatic heterocycles. The van der Waals surface area contributed by atoms with Gasteiger partial charge in [0.2, 0.25) is 5.91 Å². The second-order valence-corrected chi connectivity index (χ2v) is 3.21. The van der Waals surface area contributed by atoms with Gasteiger partial charge in [-0.1, -0.05) is 0 Å². The van der Waals surface area contributed by atoms with Crippen LogP contribution in [0.2, 0.25) is 0 Å². The van der Waals surface area contributed by atoms with Crippen LogP contribution in [-0.4, -0.2) is 15.9 Å². The minimum atomic E-state index is -0.830. The van der Waals surface area contributed by atoms with Gasteiger partial charge in [0, 0.05) is 35.7 Å². The number of amides is 1. The van der Waals surface area contributed by atoms with E-state index in [1.54, 1.807) is 30.9 Å². The van der Waals surface area contributed by atoms with Crippen molar-refractivity contribution in [3.63, 3.8) is 0 Å². The summed E-state index contributed by atoms with van der Waals surface area (Å²) in [6.07, 6.45) is 6.52. The summed E-state index contributed by atoms with van der Waals surface area (Å²) in [5.41, 5.74) is 11.4. The van der Waals surface area contributed by atoms with Gasteiger partial charge in [-0.05, 0) is 11.5 Å². The Hall–Kier alpha value is -2.01. The molecular formula is C10H10N4O. The maximum atomic E-state index is 11.0. The first-order chi connectivity index (χ1) is 7.20. The molecule has 0 aliphatic rings. The molecule has 15 heavy (non-hydrogen) atoms. The highest BCUT2D eigenvalue weighted by Gasteiger charge is 2.15. The van der Waals surface area contributed by atoms with Crippen molar-refractivity contribution in [2.75, 3.05) is 0 Å². The number of aromatic nitrogens is 2. The van der Waals surface area contributed by atoms with E-state index in [2.05, 4.69) is 9.97 Å². The topological polar surface area (TPSA) is 94.9 Å². The molecule has 0 fully saturated rings. The van der Waals surface area contributed by atoms with E-state index in [4.69, 9.17) is 11.5 Å². The molecule has 0 bridgehead atoms. The number of carbonyl (C=O) groups excluding carboxylic acids is 1. The van der Waals surface area contributed by atoms with Crippen LogP contribution >= 0.6 is 0 Å². The first kappa shape index (κ1) is 9.54. The molecule has 1 amide bonds. The van der Waals surface area contributed by atoms with Crippen LogP contribution < -0.4 is 11.5 Å². The zero-order valence-electron chi connectivity index (χ0n) is 7.92. The van der Waals surface area contributed by atoms with Gasteiger partial charge in [-0.3, -0.25) is 14.8 Å². The molecule has 0 aliphatic heterocycles. The summed E-state index contributed by atoms with van der Waals surface area (Å²) >= 11 is 0. The molecule has 2 rings (SSSR count). The van der Waals surface area contributed by atoms with E-state index >= 15 is 0 Å². The highest BCUT2D eigenvalue weighted by molar-refractivity contribution is 5.90. The molecule has 0 aromatic carbocycles. The van der Waals surface area contributed by atoms with Gasteiger partial charge in [0.15, 0.2) is 0 Å². The highest BCUT2D eigenvalue weighted by Crippen LogP contribution is 2.20. The Bertz CT molecular complexity index is 506. The third kappa shape index (κ3) is 1.64. The van der Waals surface area contributed by atoms with Gasteiger partial charge in [0.25, 0.3) is 0 Å². The van der Waals surface area contributed by atoms with Gasteiger partial charge >= 0.3 is 0 Å². The summed E-state index contributed by atoms with van der Waals surface area (Å²) in [5.74, 6) is -0.568. The molecule has 0 aliphatic carbocycles. The highest BCUT2D eigenvalue weighted by atomic mass is 16.1. The minimum absolute atomic E-state index is 0.568. The number of primary amides is 1. The Labute approximate surface area is 86.1 Å². The summed E-state index contributed by atoms with van der Waals surface area (Å²) < 4.78 is 0. The number of nitrogens with two attached hydrogens (primary N) is 2. The zero-order chi connectivity index (χ0) is 10.8. The van der Waals surface area contributed by atoms with E-state index in [-0.39, 0.29) is 0 Å². The van der Waals surface area contributed by atoms with Crippen molar-refractivity contribution in [2.24, 2.45) is 11.5 Å². The molecule has 1 atom stereocenters. The minimum Gasteiger partial charge on any atom is -0.368 e. The molecule has 0 saturated carbocycles. The fraction of sp³-hybridized carbons (Fsp3) is 0.100. The van der Waals surface area contributed by atoms with Crippen molar-refractivity contribution in [3.05, 3.63) is 36.4 Å². The lowest BCUT2D eigenvalue weighted by Gasteiger charge is -2.09. The number of fused-ring (bicyclic) bond motifs is 1. The molecular weight excluding hydrogens is 192 g/mol. The summed E-state index contributed by atoms with van der Waals surface area (Å²) in [4.78, 5) is 18.9. The maximum Gasteiger partial charge on any atom is 0.239 e. The largest absolute Gasteiger partial charge is 0.368 e. The normalized spacial score (nSPS) is 12.6. The van der Waals surface area contributed by atoms with E-state index in [0.717, 1.165) is 10.8 Å². The first-order valence-electron chi connectivity index (χ1n) is 4.42. The summed E-state index contributed by atoms with van der Waals surface area (Å²) in [6.45, 7) is 0. The molecule has 5 heteroatoms. The molecule has 2 heterocycles. The van der Waals surface area contributed by atoms with Gasteiger partial charge in [-0.25, -0.2) is 0 Å². The summed E-state index contributed by atoms with van der Waals surface area (Å²) in [5, 5.41) is 1.69. The van der Waals surface area contributed by atoms with Crippen LogP contribution in [0.15, 0.2) is 30.9 Å². The van der Waals surface area contributed by atoms with Crippen molar-refractivity contribution >= 4 is 16.7 Å². The number of hydrogen-bond donors (Lipinski definition) is 2. The molecule has 4 N–H and O–H groups in total.